The van der Waals surface area contributed by atoms with Crippen LogP contribution in [0.4, 0.5) is 0 Å². The zero-order valence-corrected chi connectivity index (χ0v) is 11.1. The summed E-state index contributed by atoms with van der Waals surface area (Å²) < 4.78 is 5.36. The van der Waals surface area contributed by atoms with Crippen LogP contribution in [0.25, 0.3) is 0 Å². The maximum atomic E-state index is 12.0. The summed E-state index contributed by atoms with van der Waals surface area (Å²) in [5, 5.41) is 0. The average Bonchev–Trinajstić information content (AvgIpc) is 2.23. The van der Waals surface area contributed by atoms with Gasteiger partial charge in [-0.15, -0.1) is 0 Å². The van der Waals surface area contributed by atoms with E-state index >= 15 is 0 Å². The van der Waals surface area contributed by atoms with Crippen LogP contribution in [0, 0.1) is 20.8 Å². The van der Waals surface area contributed by atoms with Crippen molar-refractivity contribution in [1.82, 2.24) is 0 Å². The highest BCUT2D eigenvalue weighted by Crippen LogP contribution is 2.30. The Morgan fingerprint density at radius 2 is 1.94 bits per heavy atom. The first kappa shape index (κ1) is 13.1. The molecular weight excluding hydrogens is 220 g/mol. The number of ether oxygens (including phenoxy) is 1. The smallest absolute Gasteiger partial charge is 0.167 e. The van der Waals surface area contributed by atoms with Gasteiger partial charge in [0.25, 0.3) is 0 Å². The van der Waals surface area contributed by atoms with E-state index < -0.39 is 0 Å². The first-order chi connectivity index (χ1) is 7.52. The lowest BCUT2D eigenvalue weighted by Gasteiger charge is -2.15. The van der Waals surface area contributed by atoms with Crippen LogP contribution in [0.3, 0.4) is 0 Å². The molecule has 0 N–H and O–H groups in total. The van der Waals surface area contributed by atoms with Gasteiger partial charge in [-0.25, -0.2) is 0 Å². The van der Waals surface area contributed by atoms with E-state index in [0.717, 1.165) is 16.7 Å². The topological polar surface area (TPSA) is 26.3 Å². The number of aryl methyl sites for hydroxylation is 2. The van der Waals surface area contributed by atoms with Gasteiger partial charge in [0.15, 0.2) is 5.78 Å². The summed E-state index contributed by atoms with van der Waals surface area (Å²) >= 11 is 4.09. The van der Waals surface area contributed by atoms with E-state index in [1.807, 2.05) is 26.8 Å². The number of rotatable bonds is 4. The maximum absolute atomic E-state index is 12.0. The Bertz CT molecular complexity index is 411. The molecule has 0 atom stereocenters. The van der Waals surface area contributed by atoms with Crippen LogP contribution in [0.5, 0.6) is 5.75 Å². The molecule has 3 heteroatoms. The third-order valence-electron chi connectivity index (χ3n) is 2.81. The fraction of sp³-hybridized carbons (Fsp3) is 0.462. The largest absolute Gasteiger partial charge is 0.496 e. The SMILES string of the molecule is COc1c(C)c(C)cc(C)c1C(=O)CCS. The Balaban J connectivity index is 3.36. The summed E-state index contributed by atoms with van der Waals surface area (Å²) in [4.78, 5) is 12.0. The van der Waals surface area contributed by atoms with Crippen molar-refractivity contribution in [3.63, 3.8) is 0 Å². The molecule has 0 spiro atoms. The lowest BCUT2D eigenvalue weighted by atomic mass is 9.95. The fourth-order valence-corrected chi connectivity index (χ4v) is 2.08. The molecule has 0 radical (unpaired) electrons. The van der Waals surface area contributed by atoms with E-state index in [2.05, 4.69) is 12.6 Å². The van der Waals surface area contributed by atoms with E-state index in [1.165, 1.54) is 0 Å². The summed E-state index contributed by atoms with van der Waals surface area (Å²) in [6.45, 7) is 5.95. The van der Waals surface area contributed by atoms with Gasteiger partial charge in [0.1, 0.15) is 5.75 Å². The minimum Gasteiger partial charge on any atom is -0.496 e. The molecule has 0 unspecified atom stereocenters. The standard InChI is InChI=1S/C13H18O2S/c1-8-7-9(2)12(11(14)5-6-16)13(15-4)10(8)3/h7,16H,5-6H2,1-4H3. The van der Waals surface area contributed by atoms with E-state index in [4.69, 9.17) is 4.74 Å². The molecule has 0 saturated carbocycles. The average molecular weight is 238 g/mol. The Morgan fingerprint density at radius 3 is 2.44 bits per heavy atom. The molecule has 0 aliphatic carbocycles. The normalized spacial score (nSPS) is 10.3. The molecule has 1 rings (SSSR count). The van der Waals surface area contributed by atoms with E-state index in [9.17, 15) is 4.79 Å². The maximum Gasteiger partial charge on any atom is 0.167 e. The van der Waals surface area contributed by atoms with Crippen LogP contribution in [0.1, 0.15) is 33.5 Å². The zero-order valence-electron chi connectivity index (χ0n) is 10.3. The number of ketones is 1. The molecule has 1 aromatic carbocycles. The second-order valence-corrected chi connectivity index (χ2v) is 4.39. The molecule has 0 aliphatic rings. The highest BCUT2D eigenvalue weighted by atomic mass is 32.1. The molecule has 0 aliphatic heterocycles. The number of methoxy groups -OCH3 is 1. The van der Waals surface area contributed by atoms with Crippen LogP contribution in [0.15, 0.2) is 6.07 Å². The van der Waals surface area contributed by atoms with Crippen molar-refractivity contribution >= 4 is 18.4 Å². The van der Waals surface area contributed by atoms with Gasteiger partial charge in [-0.2, -0.15) is 12.6 Å². The lowest BCUT2D eigenvalue weighted by molar-refractivity contribution is 0.0986. The molecule has 0 bridgehead atoms. The molecule has 1 aromatic rings. The molecule has 2 nitrogen and oxygen atoms in total. The van der Waals surface area contributed by atoms with E-state index in [0.29, 0.717) is 23.5 Å². The van der Waals surface area contributed by atoms with Crippen LogP contribution < -0.4 is 4.74 Å². The van der Waals surface area contributed by atoms with Gasteiger partial charge in [-0.3, -0.25) is 4.79 Å². The number of thiol groups is 1. The molecule has 0 heterocycles. The first-order valence-corrected chi connectivity index (χ1v) is 5.95. The van der Waals surface area contributed by atoms with Gasteiger partial charge in [-0.1, -0.05) is 6.07 Å². The second kappa shape index (κ2) is 5.39. The molecule has 0 saturated heterocycles. The number of carbonyl (C=O) groups excluding carboxylic acids is 1. The van der Waals surface area contributed by atoms with Crippen molar-refractivity contribution in [1.29, 1.82) is 0 Å². The van der Waals surface area contributed by atoms with E-state index in [-0.39, 0.29) is 5.78 Å². The van der Waals surface area contributed by atoms with Crippen molar-refractivity contribution < 1.29 is 9.53 Å². The van der Waals surface area contributed by atoms with Crippen LogP contribution in [0.2, 0.25) is 0 Å². The minimum absolute atomic E-state index is 0.104. The monoisotopic (exact) mass is 238 g/mol. The Morgan fingerprint density at radius 1 is 1.31 bits per heavy atom. The Kier molecular flexibility index (Phi) is 4.42. The van der Waals surface area contributed by atoms with E-state index in [1.54, 1.807) is 7.11 Å². The van der Waals surface area contributed by atoms with Crippen molar-refractivity contribution in [3.8, 4) is 5.75 Å². The van der Waals surface area contributed by atoms with Crippen LogP contribution in [-0.4, -0.2) is 18.6 Å². The van der Waals surface area contributed by atoms with Crippen molar-refractivity contribution in [2.45, 2.75) is 27.2 Å². The number of benzene rings is 1. The molecule has 0 aromatic heterocycles. The van der Waals surface area contributed by atoms with Crippen molar-refractivity contribution in [2.24, 2.45) is 0 Å². The fourth-order valence-electron chi connectivity index (χ4n) is 1.88. The van der Waals surface area contributed by atoms with Crippen LogP contribution >= 0.6 is 12.6 Å². The first-order valence-electron chi connectivity index (χ1n) is 5.31. The highest BCUT2D eigenvalue weighted by molar-refractivity contribution is 7.80. The second-order valence-electron chi connectivity index (χ2n) is 3.94. The highest BCUT2D eigenvalue weighted by Gasteiger charge is 2.17. The quantitative estimate of drug-likeness (QED) is 0.644. The number of Topliss-reactive ketones (excluding diaryl/α,β-unsaturated/α-hetero) is 1. The molecular formula is C13H18O2S. The predicted octanol–water partition coefficient (Wildman–Crippen LogP) is 3.12. The summed E-state index contributed by atoms with van der Waals surface area (Å²) in [5.74, 6) is 1.38. The van der Waals surface area contributed by atoms with Crippen molar-refractivity contribution in [3.05, 3.63) is 28.3 Å². The summed E-state index contributed by atoms with van der Waals surface area (Å²) in [7, 11) is 1.61. The van der Waals surface area contributed by atoms with Crippen LogP contribution in [-0.2, 0) is 0 Å². The van der Waals surface area contributed by atoms with Gasteiger partial charge >= 0.3 is 0 Å². The Hall–Kier alpha value is -0.960. The number of carbonyl (C=O) groups is 1. The summed E-state index contributed by atoms with van der Waals surface area (Å²) in [6.07, 6.45) is 0.447. The van der Waals surface area contributed by atoms with Gasteiger partial charge in [0.2, 0.25) is 0 Å². The number of hydrogen-bond acceptors (Lipinski definition) is 3. The Labute approximate surface area is 102 Å². The van der Waals surface area contributed by atoms with Gasteiger partial charge < -0.3 is 4.74 Å². The number of hydrogen-bond donors (Lipinski definition) is 1. The van der Waals surface area contributed by atoms with Crippen molar-refractivity contribution in [2.75, 3.05) is 12.9 Å². The third kappa shape index (κ3) is 2.40. The van der Waals surface area contributed by atoms with Gasteiger partial charge in [0, 0.05) is 6.42 Å². The van der Waals surface area contributed by atoms with Gasteiger partial charge in [-0.05, 0) is 43.2 Å². The minimum atomic E-state index is 0.104. The predicted molar refractivity (Wildman–Crippen MR) is 70.0 cm³/mol. The molecule has 16 heavy (non-hydrogen) atoms. The summed E-state index contributed by atoms with van der Waals surface area (Å²) in [6, 6.07) is 2.03. The summed E-state index contributed by atoms with van der Waals surface area (Å²) in [5.41, 5.74) is 3.87. The molecule has 88 valence electrons. The lowest BCUT2D eigenvalue weighted by Crippen LogP contribution is -2.07. The molecule has 0 amide bonds. The third-order valence-corrected chi connectivity index (χ3v) is 3.03. The van der Waals surface area contributed by atoms with Gasteiger partial charge in [0.05, 0.1) is 12.7 Å². The zero-order chi connectivity index (χ0) is 12.3. The molecule has 0 fully saturated rings.